The maximum atomic E-state index is 13.0. The fourth-order valence-corrected chi connectivity index (χ4v) is 1.49. The van der Waals surface area contributed by atoms with Crippen LogP contribution in [0.2, 0.25) is 0 Å². The Hall–Kier alpha value is -1.14. The molecular weight excluding hydrogens is 281 g/mol. The first-order chi connectivity index (χ1) is 7.56. The smallest absolute Gasteiger partial charge is 0.339 e. The van der Waals surface area contributed by atoms with E-state index in [1.54, 1.807) is 0 Å². The van der Waals surface area contributed by atoms with Crippen LogP contribution in [-0.4, -0.2) is 26.3 Å². The molecule has 0 saturated heterocycles. The van der Waals surface area contributed by atoms with Crippen molar-refractivity contribution in [3.8, 4) is 0 Å². The van der Waals surface area contributed by atoms with Crippen molar-refractivity contribution in [3.63, 3.8) is 0 Å². The zero-order valence-corrected chi connectivity index (χ0v) is 10.2. The standard InChI is InChI=1S/C10H11BrFNO3/c1-15-2-3-16-10(14)6-4-9(13)8(12)5-7(6)11/h4-5H,2-3,13H2,1H3. The Kier molecular flexibility index (Phi) is 4.70. The summed E-state index contributed by atoms with van der Waals surface area (Å²) in [5, 5.41) is 0. The zero-order chi connectivity index (χ0) is 12.1. The third-order valence-corrected chi connectivity index (χ3v) is 2.48. The first-order valence-electron chi connectivity index (χ1n) is 4.47. The van der Waals surface area contributed by atoms with E-state index in [1.165, 1.54) is 13.2 Å². The Bertz CT molecular complexity index is 398. The molecule has 1 aromatic carbocycles. The summed E-state index contributed by atoms with van der Waals surface area (Å²) >= 11 is 3.06. The number of ether oxygens (including phenoxy) is 2. The van der Waals surface area contributed by atoms with E-state index in [4.69, 9.17) is 15.2 Å². The monoisotopic (exact) mass is 291 g/mol. The van der Waals surface area contributed by atoms with Gasteiger partial charge in [-0.25, -0.2) is 9.18 Å². The number of carbonyl (C=O) groups excluding carboxylic acids is 1. The number of hydrogen-bond donors (Lipinski definition) is 1. The largest absolute Gasteiger partial charge is 0.460 e. The van der Waals surface area contributed by atoms with Crippen LogP contribution in [0.4, 0.5) is 10.1 Å². The average molecular weight is 292 g/mol. The highest BCUT2D eigenvalue weighted by atomic mass is 79.9. The molecule has 1 rings (SSSR count). The third-order valence-electron chi connectivity index (χ3n) is 1.83. The average Bonchev–Trinajstić information content (AvgIpc) is 2.23. The number of hydrogen-bond acceptors (Lipinski definition) is 4. The molecule has 0 aliphatic heterocycles. The minimum atomic E-state index is -0.583. The third kappa shape index (κ3) is 3.18. The summed E-state index contributed by atoms with van der Waals surface area (Å²) in [6, 6.07) is 2.36. The lowest BCUT2D eigenvalue weighted by atomic mass is 10.2. The zero-order valence-electron chi connectivity index (χ0n) is 8.63. The maximum Gasteiger partial charge on any atom is 0.339 e. The minimum Gasteiger partial charge on any atom is -0.460 e. The van der Waals surface area contributed by atoms with Crippen molar-refractivity contribution in [1.29, 1.82) is 0 Å². The van der Waals surface area contributed by atoms with Crippen LogP contribution in [0.1, 0.15) is 10.4 Å². The second-order valence-electron chi connectivity index (χ2n) is 2.98. The highest BCUT2D eigenvalue weighted by Gasteiger charge is 2.14. The molecule has 2 N–H and O–H groups in total. The Balaban J connectivity index is 2.79. The molecule has 0 radical (unpaired) electrons. The van der Waals surface area contributed by atoms with Crippen LogP contribution in [0, 0.1) is 5.82 Å². The number of anilines is 1. The van der Waals surface area contributed by atoms with Gasteiger partial charge in [-0.3, -0.25) is 0 Å². The molecule has 0 heterocycles. The summed E-state index contributed by atoms with van der Waals surface area (Å²) in [5.74, 6) is -1.16. The van der Waals surface area contributed by atoms with Crippen molar-refractivity contribution in [2.24, 2.45) is 0 Å². The van der Waals surface area contributed by atoms with Gasteiger partial charge in [-0.2, -0.15) is 0 Å². The normalized spacial score (nSPS) is 10.2. The Morgan fingerprint density at radius 3 is 2.81 bits per heavy atom. The van der Waals surface area contributed by atoms with Gasteiger partial charge in [0.15, 0.2) is 0 Å². The number of nitrogen functional groups attached to an aromatic ring is 1. The van der Waals surface area contributed by atoms with Gasteiger partial charge < -0.3 is 15.2 Å². The van der Waals surface area contributed by atoms with Crippen molar-refractivity contribution in [2.75, 3.05) is 26.1 Å². The molecule has 0 aliphatic rings. The number of esters is 1. The van der Waals surface area contributed by atoms with Gasteiger partial charge in [-0.1, -0.05) is 0 Å². The number of methoxy groups -OCH3 is 1. The van der Waals surface area contributed by atoms with Gasteiger partial charge in [0.1, 0.15) is 12.4 Å². The molecule has 0 aromatic heterocycles. The van der Waals surface area contributed by atoms with Gasteiger partial charge in [0.2, 0.25) is 0 Å². The van der Waals surface area contributed by atoms with E-state index in [9.17, 15) is 9.18 Å². The van der Waals surface area contributed by atoms with E-state index < -0.39 is 11.8 Å². The van der Waals surface area contributed by atoms with Crippen molar-refractivity contribution in [2.45, 2.75) is 0 Å². The van der Waals surface area contributed by atoms with E-state index in [1.807, 2.05) is 0 Å². The summed E-state index contributed by atoms with van der Waals surface area (Å²) < 4.78 is 22.9. The SMILES string of the molecule is COCCOC(=O)c1cc(N)c(F)cc1Br. The topological polar surface area (TPSA) is 61.5 Å². The Labute approximate surface area is 101 Å². The summed E-state index contributed by atoms with van der Waals surface area (Å²) in [6.45, 7) is 0.444. The molecule has 88 valence electrons. The summed E-state index contributed by atoms with van der Waals surface area (Å²) in [4.78, 5) is 11.5. The fourth-order valence-electron chi connectivity index (χ4n) is 1.02. The minimum absolute atomic E-state index is 0.0955. The number of carbonyl (C=O) groups is 1. The van der Waals surface area contributed by atoms with Gasteiger partial charge in [-0.05, 0) is 28.1 Å². The molecule has 6 heteroatoms. The summed E-state index contributed by atoms with van der Waals surface area (Å²) in [6.07, 6.45) is 0. The fraction of sp³-hybridized carbons (Fsp3) is 0.300. The van der Waals surface area contributed by atoms with Crippen LogP contribution in [0.5, 0.6) is 0 Å². The molecule has 1 aromatic rings. The van der Waals surface area contributed by atoms with Gasteiger partial charge in [-0.15, -0.1) is 0 Å². The van der Waals surface area contributed by atoms with E-state index in [2.05, 4.69) is 15.9 Å². The summed E-state index contributed by atoms with van der Waals surface area (Å²) in [5.41, 5.74) is 5.45. The molecule has 0 atom stereocenters. The second kappa shape index (κ2) is 5.81. The predicted molar refractivity (Wildman–Crippen MR) is 60.7 cm³/mol. The molecule has 0 fully saturated rings. The molecule has 16 heavy (non-hydrogen) atoms. The van der Waals surface area contributed by atoms with Crippen molar-refractivity contribution < 1.29 is 18.7 Å². The molecule has 4 nitrogen and oxygen atoms in total. The maximum absolute atomic E-state index is 13.0. The summed E-state index contributed by atoms with van der Waals surface area (Å²) in [7, 11) is 1.50. The van der Waals surface area contributed by atoms with Crippen LogP contribution in [-0.2, 0) is 9.47 Å². The van der Waals surface area contributed by atoms with E-state index in [0.717, 1.165) is 6.07 Å². The van der Waals surface area contributed by atoms with E-state index in [-0.39, 0.29) is 17.9 Å². The van der Waals surface area contributed by atoms with Crippen LogP contribution >= 0.6 is 15.9 Å². The molecule has 0 bridgehead atoms. The molecular formula is C10H11BrFNO3. The predicted octanol–water partition coefficient (Wildman–Crippen LogP) is 1.97. The number of rotatable bonds is 4. The lowest BCUT2D eigenvalue weighted by Gasteiger charge is -2.07. The molecule has 0 unspecified atom stereocenters. The van der Waals surface area contributed by atoms with Crippen LogP contribution in [0.25, 0.3) is 0 Å². The highest BCUT2D eigenvalue weighted by molar-refractivity contribution is 9.10. The second-order valence-corrected chi connectivity index (χ2v) is 3.84. The highest BCUT2D eigenvalue weighted by Crippen LogP contribution is 2.23. The van der Waals surface area contributed by atoms with Gasteiger partial charge in [0.25, 0.3) is 0 Å². The number of nitrogens with two attached hydrogens (primary N) is 1. The van der Waals surface area contributed by atoms with Crippen LogP contribution in [0.15, 0.2) is 16.6 Å². The lowest BCUT2D eigenvalue weighted by molar-refractivity contribution is 0.0387. The van der Waals surface area contributed by atoms with E-state index in [0.29, 0.717) is 11.1 Å². The quantitative estimate of drug-likeness (QED) is 0.523. The first-order valence-corrected chi connectivity index (χ1v) is 5.26. The van der Waals surface area contributed by atoms with Crippen LogP contribution < -0.4 is 5.73 Å². The number of halogens is 2. The van der Waals surface area contributed by atoms with Crippen molar-refractivity contribution in [1.82, 2.24) is 0 Å². The lowest BCUT2D eigenvalue weighted by Crippen LogP contribution is -2.11. The molecule has 0 amide bonds. The van der Waals surface area contributed by atoms with E-state index >= 15 is 0 Å². The Morgan fingerprint density at radius 2 is 2.19 bits per heavy atom. The molecule has 0 aliphatic carbocycles. The van der Waals surface area contributed by atoms with Gasteiger partial charge in [0.05, 0.1) is 17.9 Å². The van der Waals surface area contributed by atoms with Crippen molar-refractivity contribution in [3.05, 3.63) is 28.0 Å². The van der Waals surface area contributed by atoms with Gasteiger partial charge in [0, 0.05) is 11.6 Å². The number of benzene rings is 1. The first kappa shape index (κ1) is 12.9. The Morgan fingerprint density at radius 1 is 1.50 bits per heavy atom. The van der Waals surface area contributed by atoms with Crippen LogP contribution in [0.3, 0.4) is 0 Å². The molecule has 0 saturated carbocycles. The van der Waals surface area contributed by atoms with Gasteiger partial charge >= 0.3 is 5.97 Å². The molecule has 0 spiro atoms. The van der Waals surface area contributed by atoms with Crippen molar-refractivity contribution >= 4 is 27.6 Å².